The molecule has 8 heteroatoms. The van der Waals surface area contributed by atoms with Crippen LogP contribution in [0.15, 0.2) is 24.3 Å². The zero-order valence-electron chi connectivity index (χ0n) is 19.3. The van der Waals surface area contributed by atoms with Crippen LogP contribution in [-0.2, 0) is 15.1 Å². The number of amides is 3. The molecular weight excluding hydrogens is 410 g/mol. The summed E-state index contributed by atoms with van der Waals surface area (Å²) in [5.74, 6) is -1.15. The number of aromatic amines is 1. The van der Waals surface area contributed by atoms with E-state index in [9.17, 15) is 19.2 Å². The zero-order valence-corrected chi connectivity index (χ0v) is 19.3. The number of carbonyl (C=O) groups is 4. The van der Waals surface area contributed by atoms with E-state index in [4.69, 9.17) is 4.74 Å². The van der Waals surface area contributed by atoms with Gasteiger partial charge in [0.1, 0.15) is 5.54 Å². The average Bonchev–Trinajstić information content (AvgIpc) is 3.16. The maximum absolute atomic E-state index is 13.2. The molecule has 1 atom stereocenters. The van der Waals surface area contributed by atoms with Crippen molar-refractivity contribution in [1.29, 1.82) is 0 Å². The number of esters is 1. The Morgan fingerprint density at radius 2 is 1.75 bits per heavy atom. The smallest absolute Gasteiger partial charge is 0.340 e. The lowest BCUT2D eigenvalue weighted by Crippen LogP contribution is -2.41. The lowest BCUT2D eigenvalue weighted by atomic mass is 9.90. The molecule has 3 rings (SSSR count). The van der Waals surface area contributed by atoms with Crippen LogP contribution in [0.2, 0.25) is 0 Å². The Hall–Kier alpha value is -3.42. The Balaban J connectivity index is 1.83. The summed E-state index contributed by atoms with van der Waals surface area (Å²) in [5, 5.41) is 2.72. The Labute approximate surface area is 187 Å². The number of rotatable bonds is 7. The van der Waals surface area contributed by atoms with Gasteiger partial charge in [0.05, 0.1) is 24.4 Å². The molecule has 8 nitrogen and oxygen atoms in total. The fourth-order valence-electron chi connectivity index (χ4n) is 4.00. The molecule has 1 saturated heterocycles. The first-order valence-corrected chi connectivity index (χ1v) is 10.6. The normalized spacial score (nSPS) is 18.3. The fourth-order valence-corrected chi connectivity index (χ4v) is 4.00. The van der Waals surface area contributed by atoms with Gasteiger partial charge in [-0.1, -0.05) is 38.1 Å². The average molecular weight is 440 g/mol. The molecule has 0 spiro atoms. The SMILES string of the molecule is CCOC(=O)c1c(C)[nH]c(C(=O)CN2C(=O)NC(C)(c3ccc(C(C)C)cc3)C2=O)c1C. The molecule has 1 aromatic carbocycles. The van der Waals surface area contributed by atoms with E-state index in [0.717, 1.165) is 10.5 Å². The highest BCUT2D eigenvalue weighted by Gasteiger charge is 2.49. The summed E-state index contributed by atoms with van der Waals surface area (Å²) >= 11 is 0. The summed E-state index contributed by atoms with van der Waals surface area (Å²) in [5.41, 5.74) is 1.91. The number of benzene rings is 1. The molecule has 0 bridgehead atoms. The van der Waals surface area contributed by atoms with Crippen LogP contribution in [0.4, 0.5) is 4.79 Å². The molecule has 32 heavy (non-hydrogen) atoms. The van der Waals surface area contributed by atoms with Crippen LogP contribution in [0.1, 0.15) is 76.8 Å². The number of hydrogen-bond acceptors (Lipinski definition) is 5. The lowest BCUT2D eigenvalue weighted by Gasteiger charge is -2.22. The van der Waals surface area contributed by atoms with Crippen LogP contribution in [-0.4, -0.2) is 46.7 Å². The van der Waals surface area contributed by atoms with Crippen LogP contribution in [0.5, 0.6) is 0 Å². The molecule has 1 aliphatic heterocycles. The highest BCUT2D eigenvalue weighted by atomic mass is 16.5. The number of ketones is 1. The van der Waals surface area contributed by atoms with Crippen molar-refractivity contribution < 1.29 is 23.9 Å². The van der Waals surface area contributed by atoms with Crippen LogP contribution < -0.4 is 5.32 Å². The van der Waals surface area contributed by atoms with E-state index in [1.54, 1.807) is 27.7 Å². The number of urea groups is 1. The molecular formula is C24H29N3O5. The molecule has 0 saturated carbocycles. The van der Waals surface area contributed by atoms with Crippen molar-refractivity contribution in [2.24, 2.45) is 0 Å². The number of nitrogens with one attached hydrogen (secondary N) is 2. The van der Waals surface area contributed by atoms with E-state index in [1.807, 2.05) is 24.3 Å². The van der Waals surface area contributed by atoms with E-state index >= 15 is 0 Å². The largest absolute Gasteiger partial charge is 0.462 e. The maximum Gasteiger partial charge on any atom is 0.340 e. The standard InChI is InChI=1S/C24H29N3O5/c1-7-32-21(29)19-14(4)20(25-15(19)5)18(28)12-27-22(30)24(6,26-23(27)31)17-10-8-16(9-11-17)13(2)3/h8-11,13,25H,7,12H2,1-6H3,(H,26,31). The summed E-state index contributed by atoms with van der Waals surface area (Å²) in [4.78, 5) is 54.8. The molecule has 170 valence electrons. The number of aromatic nitrogens is 1. The van der Waals surface area contributed by atoms with Gasteiger partial charge in [-0.3, -0.25) is 14.5 Å². The third-order valence-electron chi connectivity index (χ3n) is 5.93. The van der Waals surface area contributed by atoms with Gasteiger partial charge in [0, 0.05) is 5.69 Å². The third-order valence-corrected chi connectivity index (χ3v) is 5.93. The van der Waals surface area contributed by atoms with Gasteiger partial charge in [0.2, 0.25) is 0 Å². The van der Waals surface area contributed by atoms with Crippen LogP contribution in [0, 0.1) is 13.8 Å². The summed E-state index contributed by atoms with van der Waals surface area (Å²) in [6.45, 7) is 10.6. The number of H-pyrrole nitrogens is 1. The van der Waals surface area contributed by atoms with Crippen LogP contribution in [0.3, 0.4) is 0 Å². The first-order valence-electron chi connectivity index (χ1n) is 10.6. The molecule has 2 heterocycles. The molecule has 0 radical (unpaired) electrons. The van der Waals surface area contributed by atoms with E-state index in [2.05, 4.69) is 24.1 Å². The van der Waals surface area contributed by atoms with E-state index in [0.29, 0.717) is 28.3 Å². The Bertz CT molecular complexity index is 1080. The molecule has 2 N–H and O–H groups in total. The minimum atomic E-state index is -1.26. The van der Waals surface area contributed by atoms with Gasteiger partial charge in [0.15, 0.2) is 5.78 Å². The molecule has 0 aliphatic carbocycles. The predicted octanol–water partition coefficient (Wildman–Crippen LogP) is 3.58. The summed E-state index contributed by atoms with van der Waals surface area (Å²) in [6.07, 6.45) is 0. The minimum absolute atomic E-state index is 0.182. The van der Waals surface area contributed by atoms with Crippen molar-refractivity contribution in [3.8, 4) is 0 Å². The van der Waals surface area contributed by atoms with Gasteiger partial charge >= 0.3 is 12.0 Å². The van der Waals surface area contributed by atoms with E-state index in [-0.39, 0.29) is 12.3 Å². The van der Waals surface area contributed by atoms with Gasteiger partial charge < -0.3 is 15.0 Å². The number of imide groups is 1. The van der Waals surface area contributed by atoms with E-state index < -0.39 is 35.8 Å². The Morgan fingerprint density at radius 3 is 2.31 bits per heavy atom. The number of nitrogens with zero attached hydrogens (tertiary/aromatic N) is 1. The van der Waals surface area contributed by atoms with Gasteiger partial charge in [0.25, 0.3) is 5.91 Å². The second-order valence-corrected chi connectivity index (χ2v) is 8.49. The Kier molecular flexibility index (Phi) is 6.25. The number of carbonyl (C=O) groups excluding carboxylic acids is 4. The van der Waals surface area contributed by atoms with E-state index in [1.165, 1.54) is 0 Å². The first kappa shape index (κ1) is 23.2. The molecule has 1 unspecified atom stereocenters. The minimum Gasteiger partial charge on any atom is -0.462 e. The topological polar surface area (TPSA) is 109 Å². The first-order chi connectivity index (χ1) is 15.0. The second kappa shape index (κ2) is 8.61. The summed E-state index contributed by atoms with van der Waals surface area (Å²) < 4.78 is 5.05. The van der Waals surface area contributed by atoms with Crippen molar-refractivity contribution in [2.75, 3.05) is 13.2 Å². The zero-order chi connectivity index (χ0) is 23.8. The number of hydrogen-bond donors (Lipinski definition) is 2. The van der Waals surface area contributed by atoms with Gasteiger partial charge in [-0.25, -0.2) is 9.59 Å². The predicted molar refractivity (Wildman–Crippen MR) is 119 cm³/mol. The van der Waals surface area contributed by atoms with Crippen molar-refractivity contribution in [1.82, 2.24) is 15.2 Å². The quantitative estimate of drug-likeness (QED) is 0.389. The maximum atomic E-state index is 13.2. The van der Waals surface area contributed by atoms with Crippen molar-refractivity contribution in [3.63, 3.8) is 0 Å². The highest BCUT2D eigenvalue weighted by molar-refractivity contribution is 6.11. The second-order valence-electron chi connectivity index (χ2n) is 8.49. The number of Topliss-reactive ketones (excluding diaryl/α,β-unsaturated/α-hetero) is 1. The molecule has 1 aliphatic rings. The number of ether oxygens (including phenoxy) is 1. The van der Waals surface area contributed by atoms with Crippen LogP contribution >= 0.6 is 0 Å². The summed E-state index contributed by atoms with van der Waals surface area (Å²) in [7, 11) is 0. The third kappa shape index (κ3) is 3.92. The highest BCUT2D eigenvalue weighted by Crippen LogP contribution is 2.30. The molecule has 1 aromatic heterocycles. The van der Waals surface area contributed by atoms with Crippen molar-refractivity contribution in [3.05, 3.63) is 57.9 Å². The molecule has 2 aromatic rings. The lowest BCUT2D eigenvalue weighted by molar-refractivity contribution is -0.130. The molecule has 3 amide bonds. The fraction of sp³-hybridized carbons (Fsp3) is 0.417. The van der Waals surface area contributed by atoms with Gasteiger partial charge in [-0.2, -0.15) is 0 Å². The summed E-state index contributed by atoms with van der Waals surface area (Å²) in [6, 6.07) is 6.87. The van der Waals surface area contributed by atoms with Crippen molar-refractivity contribution in [2.45, 2.75) is 53.0 Å². The Morgan fingerprint density at radius 1 is 1.12 bits per heavy atom. The monoisotopic (exact) mass is 439 g/mol. The number of aryl methyl sites for hydroxylation is 1. The van der Waals surface area contributed by atoms with Gasteiger partial charge in [-0.15, -0.1) is 0 Å². The molecule has 1 fully saturated rings. The van der Waals surface area contributed by atoms with Crippen LogP contribution in [0.25, 0.3) is 0 Å². The van der Waals surface area contributed by atoms with Gasteiger partial charge in [-0.05, 0) is 50.3 Å². The van der Waals surface area contributed by atoms with Crippen molar-refractivity contribution >= 4 is 23.7 Å².